The van der Waals surface area contributed by atoms with E-state index >= 15 is 0 Å². The molecule has 0 unspecified atom stereocenters. The average Bonchev–Trinajstić information content (AvgIpc) is 2.34. The van der Waals surface area contributed by atoms with Crippen molar-refractivity contribution in [2.75, 3.05) is 0 Å². The van der Waals surface area contributed by atoms with Gasteiger partial charge in [-0.25, -0.2) is 8.78 Å². The number of aliphatic hydroxyl groups is 1. The lowest BCUT2D eigenvalue weighted by atomic mass is 10.1. The summed E-state index contributed by atoms with van der Waals surface area (Å²) in [4.78, 5) is 0. The predicted octanol–water partition coefficient (Wildman–Crippen LogP) is 3.56. The van der Waals surface area contributed by atoms with Crippen LogP contribution in [0.2, 0.25) is 0 Å². The molecule has 94 valence electrons. The lowest BCUT2D eigenvalue weighted by molar-refractivity contribution is 0.276. The number of aliphatic hydroxyl groups excluding tert-OH is 1. The number of halogens is 2. The summed E-state index contributed by atoms with van der Waals surface area (Å²) in [7, 11) is 0. The highest BCUT2D eigenvalue weighted by Gasteiger charge is 2.09. The van der Waals surface area contributed by atoms with Crippen LogP contribution >= 0.6 is 0 Å². The molecule has 0 aliphatic carbocycles. The van der Waals surface area contributed by atoms with Crippen LogP contribution in [-0.2, 0) is 6.61 Å². The average molecular weight is 250 g/mol. The van der Waals surface area contributed by atoms with E-state index in [0.29, 0.717) is 11.3 Å². The van der Waals surface area contributed by atoms with Crippen molar-refractivity contribution >= 4 is 0 Å². The van der Waals surface area contributed by atoms with Crippen molar-refractivity contribution in [2.24, 2.45) is 0 Å². The Bertz CT molecular complexity index is 568. The fourth-order valence-electron chi connectivity index (χ4n) is 1.61. The first kappa shape index (κ1) is 12.5. The monoisotopic (exact) mass is 250 g/mol. The number of aryl methyl sites for hydroxylation is 1. The fourth-order valence-corrected chi connectivity index (χ4v) is 1.61. The molecule has 0 bridgehead atoms. The molecule has 18 heavy (non-hydrogen) atoms. The summed E-state index contributed by atoms with van der Waals surface area (Å²) in [6.45, 7) is 1.67. The molecule has 0 aromatic heterocycles. The summed E-state index contributed by atoms with van der Waals surface area (Å²) in [6, 6.07) is 8.26. The van der Waals surface area contributed by atoms with Crippen molar-refractivity contribution < 1.29 is 18.6 Å². The molecule has 0 radical (unpaired) electrons. The highest BCUT2D eigenvalue weighted by molar-refractivity contribution is 5.40. The number of hydrogen-bond donors (Lipinski definition) is 1. The molecule has 0 aliphatic rings. The highest BCUT2D eigenvalue weighted by Crippen LogP contribution is 2.28. The summed E-state index contributed by atoms with van der Waals surface area (Å²) in [5.41, 5.74) is 1.52. The van der Waals surface area contributed by atoms with Crippen molar-refractivity contribution in [2.45, 2.75) is 13.5 Å². The molecule has 0 amide bonds. The molecule has 0 saturated heterocycles. The maximum atomic E-state index is 13.4. The van der Waals surface area contributed by atoms with Gasteiger partial charge in [-0.2, -0.15) is 0 Å². The Balaban J connectivity index is 2.33. The van der Waals surface area contributed by atoms with Crippen molar-refractivity contribution in [1.29, 1.82) is 0 Å². The summed E-state index contributed by atoms with van der Waals surface area (Å²) >= 11 is 0. The molecule has 2 aromatic rings. The number of ether oxygens (including phenoxy) is 1. The van der Waals surface area contributed by atoms with Gasteiger partial charge in [-0.1, -0.05) is 17.7 Å². The lowest BCUT2D eigenvalue weighted by Gasteiger charge is -2.11. The maximum absolute atomic E-state index is 13.4. The van der Waals surface area contributed by atoms with Gasteiger partial charge < -0.3 is 9.84 Å². The van der Waals surface area contributed by atoms with Gasteiger partial charge in [0.25, 0.3) is 0 Å². The van der Waals surface area contributed by atoms with Gasteiger partial charge in [0.1, 0.15) is 11.6 Å². The molecular formula is C14H12F2O2. The Morgan fingerprint density at radius 2 is 1.78 bits per heavy atom. The van der Waals surface area contributed by atoms with Gasteiger partial charge in [-0.3, -0.25) is 0 Å². The van der Waals surface area contributed by atoms with Crippen molar-refractivity contribution in [3.63, 3.8) is 0 Å². The van der Waals surface area contributed by atoms with E-state index in [1.54, 1.807) is 18.2 Å². The third kappa shape index (κ3) is 2.65. The summed E-state index contributed by atoms with van der Waals surface area (Å²) in [5.74, 6) is -1.16. The van der Waals surface area contributed by atoms with Gasteiger partial charge in [-0.15, -0.1) is 0 Å². The van der Waals surface area contributed by atoms with Crippen LogP contribution in [0.5, 0.6) is 11.5 Å². The third-order valence-corrected chi connectivity index (χ3v) is 2.50. The predicted molar refractivity (Wildman–Crippen MR) is 63.5 cm³/mol. The first-order chi connectivity index (χ1) is 8.60. The first-order valence-electron chi connectivity index (χ1n) is 5.43. The van der Waals surface area contributed by atoms with Crippen molar-refractivity contribution in [3.8, 4) is 11.5 Å². The first-order valence-corrected chi connectivity index (χ1v) is 5.43. The molecule has 0 aliphatic heterocycles. The normalized spacial score (nSPS) is 10.4. The van der Waals surface area contributed by atoms with Crippen LogP contribution < -0.4 is 4.74 Å². The van der Waals surface area contributed by atoms with E-state index in [4.69, 9.17) is 4.74 Å². The minimum Gasteiger partial charge on any atom is -0.454 e. The van der Waals surface area contributed by atoms with Gasteiger partial charge in [0.05, 0.1) is 6.61 Å². The van der Waals surface area contributed by atoms with Gasteiger partial charge in [0.15, 0.2) is 11.6 Å². The van der Waals surface area contributed by atoms with E-state index in [9.17, 15) is 13.9 Å². The van der Waals surface area contributed by atoms with Gasteiger partial charge in [0.2, 0.25) is 0 Å². The van der Waals surface area contributed by atoms with Crippen LogP contribution in [-0.4, -0.2) is 5.11 Å². The van der Waals surface area contributed by atoms with Crippen LogP contribution in [0.25, 0.3) is 0 Å². The molecule has 0 atom stereocenters. The SMILES string of the molecule is Cc1ccc(Oc2ccc(F)cc2F)c(CO)c1. The van der Waals surface area contributed by atoms with Gasteiger partial charge in [-0.05, 0) is 25.1 Å². The van der Waals surface area contributed by atoms with Crippen LogP contribution in [0, 0.1) is 18.6 Å². The van der Waals surface area contributed by atoms with E-state index < -0.39 is 11.6 Å². The molecule has 0 fully saturated rings. The molecular weight excluding hydrogens is 238 g/mol. The molecule has 0 saturated carbocycles. The molecule has 4 heteroatoms. The molecule has 2 aromatic carbocycles. The minimum absolute atomic E-state index is 0.0741. The van der Waals surface area contributed by atoms with E-state index in [1.165, 1.54) is 6.07 Å². The molecule has 0 heterocycles. The number of benzene rings is 2. The van der Waals surface area contributed by atoms with Gasteiger partial charge in [0, 0.05) is 11.6 Å². The number of rotatable bonds is 3. The second-order valence-electron chi connectivity index (χ2n) is 3.95. The second kappa shape index (κ2) is 5.14. The van der Waals surface area contributed by atoms with E-state index in [0.717, 1.165) is 17.7 Å². The molecule has 1 N–H and O–H groups in total. The Morgan fingerprint density at radius 1 is 1.06 bits per heavy atom. The molecule has 2 nitrogen and oxygen atoms in total. The van der Waals surface area contributed by atoms with Crippen LogP contribution in [0.4, 0.5) is 8.78 Å². The largest absolute Gasteiger partial charge is 0.454 e. The Morgan fingerprint density at radius 3 is 2.44 bits per heavy atom. The van der Waals surface area contributed by atoms with E-state index in [-0.39, 0.29) is 12.4 Å². The summed E-state index contributed by atoms with van der Waals surface area (Å²) in [6.07, 6.45) is 0. The fraction of sp³-hybridized carbons (Fsp3) is 0.143. The highest BCUT2D eigenvalue weighted by atomic mass is 19.1. The minimum atomic E-state index is -0.778. The molecule has 2 rings (SSSR count). The quantitative estimate of drug-likeness (QED) is 0.902. The maximum Gasteiger partial charge on any atom is 0.168 e. The second-order valence-corrected chi connectivity index (χ2v) is 3.95. The zero-order valence-electron chi connectivity index (χ0n) is 9.78. The van der Waals surface area contributed by atoms with Crippen molar-refractivity contribution in [3.05, 3.63) is 59.2 Å². The molecule has 0 spiro atoms. The Kier molecular flexibility index (Phi) is 3.58. The Labute approximate surface area is 103 Å². The van der Waals surface area contributed by atoms with E-state index in [1.807, 2.05) is 6.92 Å². The zero-order valence-corrected chi connectivity index (χ0v) is 9.78. The van der Waals surface area contributed by atoms with Crippen molar-refractivity contribution in [1.82, 2.24) is 0 Å². The summed E-state index contributed by atoms with van der Waals surface area (Å²) < 4.78 is 31.5. The zero-order chi connectivity index (χ0) is 13.1. The topological polar surface area (TPSA) is 29.5 Å². The van der Waals surface area contributed by atoms with Crippen LogP contribution in [0.1, 0.15) is 11.1 Å². The summed E-state index contributed by atoms with van der Waals surface area (Å²) in [5, 5.41) is 9.20. The standard InChI is InChI=1S/C14H12F2O2/c1-9-2-4-13(10(6-9)8-17)18-14-5-3-11(15)7-12(14)16/h2-7,17H,8H2,1H3. The van der Waals surface area contributed by atoms with Crippen LogP contribution in [0.15, 0.2) is 36.4 Å². The lowest BCUT2D eigenvalue weighted by Crippen LogP contribution is -1.94. The third-order valence-electron chi connectivity index (χ3n) is 2.50. The van der Waals surface area contributed by atoms with E-state index in [2.05, 4.69) is 0 Å². The smallest absolute Gasteiger partial charge is 0.168 e. The van der Waals surface area contributed by atoms with Crippen LogP contribution in [0.3, 0.4) is 0 Å². The Hall–Kier alpha value is -1.94. The number of hydrogen-bond acceptors (Lipinski definition) is 2. The van der Waals surface area contributed by atoms with Gasteiger partial charge >= 0.3 is 0 Å².